The van der Waals surface area contributed by atoms with Crippen LogP contribution in [-0.2, 0) is 19.2 Å². The normalized spacial score (nSPS) is 31.0. The third-order valence-corrected chi connectivity index (χ3v) is 11.1. The molecule has 232 valence electrons. The lowest BCUT2D eigenvalue weighted by molar-refractivity contribution is -0.138. The average molecular weight is 665 g/mol. The van der Waals surface area contributed by atoms with Crippen molar-refractivity contribution in [2.75, 3.05) is 11.9 Å². The van der Waals surface area contributed by atoms with Crippen LogP contribution < -0.4 is 4.90 Å². The second-order valence-electron chi connectivity index (χ2n) is 11.7. The van der Waals surface area contributed by atoms with Crippen LogP contribution >= 0.6 is 23.2 Å². The van der Waals surface area contributed by atoms with E-state index in [1.807, 2.05) is 0 Å². The molecule has 1 saturated carbocycles. The third kappa shape index (κ3) is 3.46. The van der Waals surface area contributed by atoms with E-state index in [0.29, 0.717) is 10.8 Å². The molecule has 14 heteroatoms. The fourth-order valence-corrected chi connectivity index (χ4v) is 8.50. The van der Waals surface area contributed by atoms with Gasteiger partial charge in [-0.1, -0.05) is 48.0 Å². The van der Waals surface area contributed by atoms with Gasteiger partial charge < -0.3 is 5.11 Å². The van der Waals surface area contributed by atoms with E-state index in [4.69, 9.17) is 23.2 Å². The van der Waals surface area contributed by atoms with E-state index in [-0.39, 0.29) is 28.2 Å². The summed E-state index contributed by atoms with van der Waals surface area (Å²) in [6.45, 7) is 0. The molecule has 4 aliphatic rings. The molecule has 0 spiro atoms. The Morgan fingerprint density at radius 2 is 1.44 bits per heavy atom. The number of rotatable bonds is 2. The molecule has 3 fully saturated rings. The predicted molar refractivity (Wildman–Crippen MR) is 150 cm³/mol. The lowest BCUT2D eigenvalue weighted by Gasteiger charge is -2.50. The molecule has 1 N–H and O–H groups in total. The van der Waals surface area contributed by atoms with Gasteiger partial charge in [-0.3, -0.25) is 24.1 Å². The first-order valence-corrected chi connectivity index (χ1v) is 14.4. The van der Waals surface area contributed by atoms with Gasteiger partial charge in [0.25, 0.3) is 11.8 Å². The van der Waals surface area contributed by atoms with E-state index >= 15 is 8.78 Å². The monoisotopic (exact) mass is 664 g/mol. The molecule has 0 radical (unpaired) electrons. The number of fused-ring (bicyclic) bond motifs is 5. The quantitative estimate of drug-likeness (QED) is 0.0984. The average Bonchev–Trinajstić information content (AvgIpc) is 3.33. The fraction of sp³-hybridized carbons (Fsp3) is 0.290. The van der Waals surface area contributed by atoms with Crippen molar-refractivity contribution < 1.29 is 46.2 Å². The fourth-order valence-electron chi connectivity index (χ4n) is 7.57. The van der Waals surface area contributed by atoms with Gasteiger partial charge in [-0.2, -0.15) is 0 Å². The largest absolute Gasteiger partial charge is 0.507 e. The van der Waals surface area contributed by atoms with Gasteiger partial charge in [0, 0.05) is 23.9 Å². The Bertz CT molecular complexity index is 1940. The number of anilines is 1. The summed E-state index contributed by atoms with van der Waals surface area (Å²) in [5.74, 6) is -21.5. The van der Waals surface area contributed by atoms with E-state index < -0.39 is 98.2 Å². The molecule has 2 aliphatic heterocycles. The molecule has 6 unspecified atom stereocenters. The van der Waals surface area contributed by atoms with Crippen LogP contribution in [0, 0.1) is 46.8 Å². The highest BCUT2D eigenvalue weighted by Gasteiger charge is 2.77. The number of alkyl halides is 2. The highest BCUT2D eigenvalue weighted by atomic mass is 35.5. The molecule has 4 amide bonds. The number of likely N-dealkylation sites (tertiary alicyclic amines) is 1. The van der Waals surface area contributed by atoms with Crippen molar-refractivity contribution in [1.29, 1.82) is 0 Å². The zero-order chi connectivity index (χ0) is 32.5. The number of carbonyl (C=O) groups is 4. The second-order valence-corrected chi connectivity index (χ2v) is 12.9. The summed E-state index contributed by atoms with van der Waals surface area (Å²) in [6.07, 6.45) is 0.968. The number of imide groups is 2. The highest BCUT2D eigenvalue weighted by Crippen LogP contribution is 2.66. The summed E-state index contributed by atoms with van der Waals surface area (Å²) < 4.78 is 72.8. The second kappa shape index (κ2) is 9.49. The number of hydrogen-bond acceptors (Lipinski definition) is 5. The van der Waals surface area contributed by atoms with Crippen molar-refractivity contribution >= 4 is 63.3 Å². The van der Waals surface area contributed by atoms with Crippen molar-refractivity contribution in [2.24, 2.45) is 17.8 Å². The minimum atomic E-state index is -2.71. The molecule has 3 aromatic carbocycles. The first kappa shape index (κ1) is 29.7. The summed E-state index contributed by atoms with van der Waals surface area (Å²) in [7, 11) is 1.29. The van der Waals surface area contributed by atoms with E-state index in [2.05, 4.69) is 0 Å². The molecular weight excluding hydrogens is 646 g/mol. The number of nitrogens with zero attached hydrogens (tertiary/aromatic N) is 2. The van der Waals surface area contributed by atoms with Crippen LogP contribution in [0.25, 0.3) is 10.8 Å². The number of halogens is 7. The van der Waals surface area contributed by atoms with Gasteiger partial charge in [-0.25, -0.2) is 26.9 Å². The van der Waals surface area contributed by atoms with Gasteiger partial charge in [0.05, 0.1) is 11.8 Å². The Labute approximate surface area is 260 Å². The molecule has 2 heterocycles. The van der Waals surface area contributed by atoms with E-state index in [9.17, 15) is 37.5 Å². The maximum absolute atomic E-state index is 15.1. The molecule has 2 aliphatic carbocycles. The number of benzene rings is 3. The number of hydrogen-bond donors (Lipinski definition) is 1. The highest BCUT2D eigenvalue weighted by molar-refractivity contribution is 6.58. The first-order valence-electron chi connectivity index (χ1n) is 13.7. The maximum atomic E-state index is 15.1. The summed E-state index contributed by atoms with van der Waals surface area (Å²) >= 11 is 14.1. The van der Waals surface area contributed by atoms with Gasteiger partial charge in [-0.05, 0) is 24.1 Å². The number of phenols is 1. The van der Waals surface area contributed by atoms with Gasteiger partial charge in [0.1, 0.15) is 11.4 Å². The number of aromatic hydroxyl groups is 1. The predicted octanol–water partition coefficient (Wildman–Crippen LogP) is 5.43. The zero-order valence-corrected chi connectivity index (χ0v) is 24.4. The van der Waals surface area contributed by atoms with E-state index in [1.165, 1.54) is 13.1 Å². The van der Waals surface area contributed by atoms with E-state index in [1.54, 1.807) is 36.4 Å². The molecular formula is C31H19Cl2F5N2O5. The smallest absolute Gasteiger partial charge is 0.258 e. The summed E-state index contributed by atoms with van der Waals surface area (Å²) in [4.78, 5) is 50.0. The number of amides is 4. The summed E-state index contributed by atoms with van der Waals surface area (Å²) in [6, 6.07) is 9.56. The lowest BCUT2D eigenvalue weighted by atomic mass is 9.56. The molecule has 7 nitrogen and oxygen atoms in total. The van der Waals surface area contributed by atoms with Crippen molar-refractivity contribution in [3.8, 4) is 5.75 Å². The minimum Gasteiger partial charge on any atom is -0.507 e. The molecule has 45 heavy (non-hydrogen) atoms. The Balaban J connectivity index is 1.51. The molecule has 2 saturated heterocycles. The van der Waals surface area contributed by atoms with Gasteiger partial charge in [0.15, 0.2) is 33.0 Å². The Hall–Kier alpha value is -4.03. The van der Waals surface area contributed by atoms with Crippen molar-refractivity contribution in [3.63, 3.8) is 0 Å². The van der Waals surface area contributed by atoms with Gasteiger partial charge in [0.2, 0.25) is 17.6 Å². The topological polar surface area (TPSA) is 95.0 Å². The van der Waals surface area contributed by atoms with Crippen molar-refractivity contribution in [2.45, 2.75) is 28.5 Å². The van der Waals surface area contributed by atoms with Crippen LogP contribution in [0.15, 0.2) is 48.0 Å². The molecule has 0 aromatic heterocycles. The SMILES string of the molecule is CN1C(=O)C2CC=C3C(CC4(Cl)C(=O)N(c5c(F)c(F)c(F)c(F)c5F)C(=O)C4(Cl)C3c3ccc4ccccc4c3O)C2C1=O. The van der Waals surface area contributed by atoms with Crippen LogP contribution in [0.4, 0.5) is 27.6 Å². The maximum Gasteiger partial charge on any atom is 0.258 e. The number of allylic oxidation sites excluding steroid dienone is 2. The minimum absolute atomic E-state index is 0.0159. The molecule has 0 bridgehead atoms. The van der Waals surface area contributed by atoms with Crippen LogP contribution in [0.5, 0.6) is 5.75 Å². The Morgan fingerprint density at radius 3 is 2.11 bits per heavy atom. The van der Waals surface area contributed by atoms with Crippen molar-refractivity contribution in [1.82, 2.24) is 4.90 Å². The molecule has 7 rings (SSSR count). The van der Waals surface area contributed by atoms with Crippen LogP contribution in [0.3, 0.4) is 0 Å². The molecule has 3 aromatic rings. The van der Waals surface area contributed by atoms with Crippen LogP contribution in [0.1, 0.15) is 24.3 Å². The third-order valence-electron chi connectivity index (χ3n) is 9.68. The lowest BCUT2D eigenvalue weighted by Crippen LogP contribution is -2.60. The van der Waals surface area contributed by atoms with Gasteiger partial charge >= 0.3 is 0 Å². The first-order chi connectivity index (χ1) is 21.2. The summed E-state index contributed by atoms with van der Waals surface area (Å²) in [5, 5.41) is 12.4. The van der Waals surface area contributed by atoms with Crippen LogP contribution in [-0.4, -0.2) is 50.4 Å². The molecule has 6 atom stereocenters. The zero-order valence-electron chi connectivity index (χ0n) is 22.9. The van der Waals surface area contributed by atoms with Gasteiger partial charge in [-0.15, -0.1) is 23.2 Å². The standard InChI is InChI=1S/C31H19Cl2F5N2O5/c1-39-26(42)14-9-8-13-16(17(14)27(39)43)10-30(32)28(44)40(24-22(37)20(35)19(34)21(36)23(24)38)29(45)31(30,33)18(13)15-7-6-11-4-2-3-5-12(11)25(15)41/h2-8,14,16-18,41H,9-10H2,1H3. The van der Waals surface area contributed by atoms with Crippen LogP contribution in [0.2, 0.25) is 0 Å². The number of phenolic OH excluding ortho intramolecular Hbond substituents is 1. The summed E-state index contributed by atoms with van der Waals surface area (Å²) in [5.41, 5.74) is -1.65. The number of carbonyl (C=O) groups excluding carboxylic acids is 4. The Morgan fingerprint density at radius 1 is 0.822 bits per heavy atom. The Kier molecular flexibility index (Phi) is 6.26. The van der Waals surface area contributed by atoms with E-state index in [0.717, 1.165) is 4.90 Å². The van der Waals surface area contributed by atoms with Crippen molar-refractivity contribution in [3.05, 3.63) is 82.7 Å².